The van der Waals surface area contributed by atoms with Crippen molar-refractivity contribution in [2.45, 2.75) is 165 Å². The first-order valence-electron chi connectivity index (χ1n) is 17.3. The number of carbonyl (C=O) groups is 5. The van der Waals surface area contributed by atoms with Gasteiger partial charge in [-0.15, -0.1) is 0 Å². The molecule has 0 heterocycles. The van der Waals surface area contributed by atoms with Crippen molar-refractivity contribution in [3.63, 3.8) is 0 Å². The first-order valence-corrected chi connectivity index (χ1v) is 17.3. The molecule has 6 unspecified atom stereocenters. The molecule has 2 N–H and O–H groups in total. The monoisotopic (exact) mass is 829 g/mol. The lowest BCUT2D eigenvalue weighted by Gasteiger charge is -2.38. The Kier molecular flexibility index (Phi) is 42.3. The van der Waals surface area contributed by atoms with Crippen molar-refractivity contribution in [2.24, 2.45) is 34.0 Å². The molecule has 1 aliphatic rings. The highest BCUT2D eigenvalue weighted by Crippen LogP contribution is 2.45. The topological polar surface area (TPSA) is 181 Å². The average Bonchev–Trinajstić information content (AvgIpc) is 3.05. The zero-order chi connectivity index (χ0) is 37.4. The quantitative estimate of drug-likeness (QED) is 0.0406. The van der Waals surface area contributed by atoms with E-state index in [-0.39, 0.29) is 118 Å². The number of methoxy groups -OCH3 is 1. The molecule has 13 heteroatoms. The van der Waals surface area contributed by atoms with Gasteiger partial charge in [0.1, 0.15) is 19.8 Å². The van der Waals surface area contributed by atoms with Crippen molar-refractivity contribution >= 4 is 29.8 Å². The second-order valence-electron chi connectivity index (χ2n) is 14.2. The van der Waals surface area contributed by atoms with Crippen LogP contribution >= 0.6 is 0 Å². The lowest BCUT2D eigenvalue weighted by atomic mass is 9.66. The molecular weight excluding hydrogens is 736 g/mol. The van der Waals surface area contributed by atoms with Gasteiger partial charge in [-0.25, -0.2) is 0 Å². The summed E-state index contributed by atoms with van der Waals surface area (Å²) in [6.45, 7) is 16.7. The van der Waals surface area contributed by atoms with E-state index in [0.29, 0.717) is 31.8 Å². The van der Waals surface area contributed by atoms with Crippen LogP contribution in [-0.2, 0) is 52.4 Å². The Labute approximate surface area is 350 Å². The molecule has 0 spiro atoms. The number of esters is 3. The number of carboxylic acids is 2. The van der Waals surface area contributed by atoms with Crippen LogP contribution in [0, 0.1) is 34.0 Å². The van der Waals surface area contributed by atoms with Gasteiger partial charge in [0.25, 0.3) is 0 Å². The molecular formula is C44H92O13. The van der Waals surface area contributed by atoms with Crippen LogP contribution in [0.25, 0.3) is 0 Å². The highest BCUT2D eigenvalue weighted by Gasteiger charge is 2.48. The van der Waals surface area contributed by atoms with Crippen LogP contribution < -0.4 is 0 Å². The smallest absolute Gasteiger partial charge is 0.311 e. The first-order chi connectivity index (χ1) is 22.9. The third-order valence-electron chi connectivity index (χ3n) is 9.60. The lowest BCUT2D eigenvalue weighted by Crippen LogP contribution is -2.42. The average molecular weight is 829 g/mol. The Hall–Kier alpha value is -3.19. The first kappa shape index (κ1) is 71.5. The van der Waals surface area contributed by atoms with Crippen molar-refractivity contribution in [2.75, 3.05) is 46.8 Å². The molecule has 1 rings (SSSR count). The molecule has 13 nitrogen and oxygen atoms in total. The molecule has 0 bridgehead atoms. The molecule has 57 heavy (non-hydrogen) atoms. The van der Waals surface area contributed by atoms with Crippen LogP contribution in [0.1, 0.15) is 159 Å². The van der Waals surface area contributed by atoms with E-state index in [2.05, 4.69) is 6.58 Å². The van der Waals surface area contributed by atoms with Gasteiger partial charge in [0.15, 0.2) is 0 Å². The summed E-state index contributed by atoms with van der Waals surface area (Å²) >= 11 is 0. The maximum Gasteiger partial charge on any atom is 0.311 e. The Bertz CT molecular complexity index is 1120. The summed E-state index contributed by atoms with van der Waals surface area (Å²) in [7, 11) is 1.60. The Morgan fingerprint density at radius 3 is 1.70 bits per heavy atom. The second kappa shape index (κ2) is 33.7. The highest BCUT2D eigenvalue weighted by molar-refractivity contribution is 5.82. The number of hydrogen-bond acceptors (Lipinski definition) is 11. The van der Waals surface area contributed by atoms with Gasteiger partial charge >= 0.3 is 29.8 Å². The lowest BCUT2D eigenvalue weighted by molar-refractivity contribution is -0.168. The maximum absolute atomic E-state index is 13.4. The molecule has 1 fully saturated rings. The van der Waals surface area contributed by atoms with Gasteiger partial charge in [-0.1, -0.05) is 99.6 Å². The number of carboxylic acid groups (broad SMARTS) is 2. The van der Waals surface area contributed by atoms with Crippen LogP contribution in [0.3, 0.4) is 0 Å². The van der Waals surface area contributed by atoms with E-state index < -0.39 is 63.8 Å². The Morgan fingerprint density at radius 1 is 0.719 bits per heavy atom. The summed E-state index contributed by atoms with van der Waals surface area (Å²) in [5, 5.41) is 19.9. The zero-order valence-electron chi connectivity index (χ0n) is 30.8. The fraction of sp³-hybridized carbons (Fsp3) is 0.841. The van der Waals surface area contributed by atoms with E-state index in [4.69, 9.17) is 28.4 Å². The van der Waals surface area contributed by atoms with Crippen LogP contribution in [0.15, 0.2) is 12.3 Å². The van der Waals surface area contributed by atoms with Gasteiger partial charge in [0.05, 0.1) is 60.3 Å². The molecule has 0 aromatic heterocycles. The van der Waals surface area contributed by atoms with Crippen molar-refractivity contribution in [1.82, 2.24) is 0 Å². The summed E-state index contributed by atoms with van der Waals surface area (Å²) in [6.07, 6.45) is 2.39. The van der Waals surface area contributed by atoms with Crippen molar-refractivity contribution in [1.29, 1.82) is 0 Å². The van der Waals surface area contributed by atoms with Crippen LogP contribution in [-0.4, -0.2) is 92.9 Å². The summed E-state index contributed by atoms with van der Waals surface area (Å²) < 4.78 is 32.6. The molecule has 0 aliphatic heterocycles. The van der Waals surface area contributed by atoms with Crippen molar-refractivity contribution < 1.29 is 62.6 Å². The van der Waals surface area contributed by atoms with Crippen molar-refractivity contribution in [3.05, 3.63) is 12.3 Å². The summed E-state index contributed by atoms with van der Waals surface area (Å²) in [6, 6.07) is 0. The number of aliphatic carboxylic acids is 2. The minimum absolute atomic E-state index is 0. The Morgan fingerprint density at radius 2 is 1.23 bits per heavy atom. The molecule has 0 radical (unpaired) electrons. The molecule has 0 aromatic carbocycles. The fourth-order valence-electron chi connectivity index (χ4n) is 6.21. The number of rotatable bonds is 24. The number of allylic oxidation sites excluding steroid dienone is 1. The fourth-order valence-corrected chi connectivity index (χ4v) is 6.21. The number of ether oxygens (including phenoxy) is 6. The van der Waals surface area contributed by atoms with Crippen LogP contribution in [0.2, 0.25) is 0 Å². The Balaban J connectivity index is -0.000000500. The number of carbonyl (C=O) groups excluding carboxylic acids is 3. The summed E-state index contributed by atoms with van der Waals surface area (Å²) in [5.74, 6) is -6.07. The predicted molar refractivity (Wildman–Crippen MR) is 233 cm³/mol. The van der Waals surface area contributed by atoms with Gasteiger partial charge in [0.2, 0.25) is 0 Å². The van der Waals surface area contributed by atoms with Crippen LogP contribution in [0.4, 0.5) is 0 Å². The van der Waals surface area contributed by atoms with Gasteiger partial charge in [-0.05, 0) is 66.2 Å². The van der Waals surface area contributed by atoms with Gasteiger partial charge in [-0.3, -0.25) is 24.0 Å². The summed E-state index contributed by atoms with van der Waals surface area (Å²) in [5.41, 5.74) is -3.54. The molecule has 1 saturated carbocycles. The third kappa shape index (κ3) is 23.1. The summed E-state index contributed by atoms with van der Waals surface area (Å²) in [4.78, 5) is 63.5. The predicted octanol–water partition coefficient (Wildman–Crippen LogP) is 10.5. The van der Waals surface area contributed by atoms with E-state index in [9.17, 15) is 34.2 Å². The van der Waals surface area contributed by atoms with Crippen molar-refractivity contribution in [3.8, 4) is 0 Å². The van der Waals surface area contributed by atoms with Crippen LogP contribution in [0.5, 0.6) is 0 Å². The molecule has 0 amide bonds. The molecule has 6 atom stereocenters. The van der Waals surface area contributed by atoms with E-state index in [1.165, 1.54) is 6.92 Å². The van der Waals surface area contributed by atoms with Gasteiger partial charge in [-0.2, -0.15) is 0 Å². The zero-order valence-corrected chi connectivity index (χ0v) is 30.8. The van der Waals surface area contributed by atoms with Gasteiger partial charge in [0, 0.05) is 12.5 Å². The van der Waals surface area contributed by atoms with E-state index in [0.717, 1.165) is 12.8 Å². The van der Waals surface area contributed by atoms with E-state index in [1.54, 1.807) is 27.9 Å². The third-order valence-corrected chi connectivity index (χ3v) is 9.60. The largest absolute Gasteiger partial charge is 0.496 e. The molecule has 346 valence electrons. The maximum atomic E-state index is 13.4. The van der Waals surface area contributed by atoms with Gasteiger partial charge < -0.3 is 38.6 Å². The van der Waals surface area contributed by atoms with E-state index >= 15 is 0 Å². The second-order valence-corrected chi connectivity index (χ2v) is 14.2. The highest BCUT2D eigenvalue weighted by atomic mass is 16.6. The standard InChI is InChI=1S/C36H60O13.8CH4/c1-10-35(7,33(43)49-19-18-48-31(40)28-15-13-12-14-27(28)29(37)38)23-36(8,32(41)42)21-26(30(39)46-11-2)20-34(5,6)25(4)47-17-16-45-22-24(3)44-9;;;;;;;;/h24,26-28H,4,10-23H2,1-3,5-9H3,(H,37,38)(H,41,42);8*1H4. The minimum atomic E-state index is -1.54. The number of hydrogen-bond donors (Lipinski definition) is 2. The molecule has 0 aromatic rings. The van der Waals surface area contributed by atoms with E-state index in [1.807, 2.05) is 20.8 Å². The molecule has 0 saturated heterocycles. The normalized spacial score (nSPS) is 17.3. The minimum Gasteiger partial charge on any atom is -0.496 e. The SMILES string of the molecule is C.C.C.C.C.C.C.C.C=C(OCCOCC(C)OC)C(C)(C)CC(CC(C)(CC(C)(CC)C(=O)OCCOC(=O)C1CCCCC1C(=O)O)C(=O)O)C(=O)OCC. The molecule has 1 aliphatic carbocycles.